The van der Waals surface area contributed by atoms with Crippen LogP contribution < -0.4 is 5.32 Å². The molecule has 2 aromatic rings. The van der Waals surface area contributed by atoms with Gasteiger partial charge in [0.2, 0.25) is 0 Å². The Morgan fingerprint density at radius 3 is 3.00 bits per heavy atom. The Morgan fingerprint density at radius 1 is 1.50 bits per heavy atom. The Labute approximate surface area is 97.3 Å². The van der Waals surface area contributed by atoms with Gasteiger partial charge >= 0.3 is 0 Å². The van der Waals surface area contributed by atoms with Crippen LogP contribution in [0.2, 0.25) is 5.02 Å². The fourth-order valence-corrected chi connectivity index (χ4v) is 1.71. The van der Waals surface area contributed by atoms with E-state index in [1.165, 1.54) is 18.5 Å². The van der Waals surface area contributed by atoms with E-state index in [4.69, 9.17) is 16.0 Å². The number of nitrogens with zero attached hydrogens (tertiary/aromatic N) is 1. The summed E-state index contributed by atoms with van der Waals surface area (Å²) < 4.78 is 18.2. The zero-order valence-electron chi connectivity index (χ0n) is 8.63. The zero-order valence-corrected chi connectivity index (χ0v) is 9.38. The van der Waals surface area contributed by atoms with Gasteiger partial charge in [-0.1, -0.05) is 11.6 Å². The maximum Gasteiger partial charge on any atom is 0.181 e. The van der Waals surface area contributed by atoms with Gasteiger partial charge in [0.05, 0.1) is 5.02 Å². The molecule has 0 unspecified atom stereocenters. The maximum atomic E-state index is 12.9. The molecule has 16 heavy (non-hydrogen) atoms. The smallest absolute Gasteiger partial charge is 0.181 e. The van der Waals surface area contributed by atoms with Crippen LogP contribution in [0.1, 0.15) is 5.69 Å². The first-order valence-electron chi connectivity index (χ1n) is 4.74. The first kappa shape index (κ1) is 11.1. The topological polar surface area (TPSA) is 38.1 Å². The summed E-state index contributed by atoms with van der Waals surface area (Å²) in [5, 5.41) is 3.29. The molecule has 1 aromatic heterocycles. The van der Waals surface area contributed by atoms with Gasteiger partial charge in [0.15, 0.2) is 12.2 Å². The minimum absolute atomic E-state index is 0.314. The van der Waals surface area contributed by atoms with Gasteiger partial charge in [-0.15, -0.1) is 0 Å². The standard InChI is InChI=1S/C11H10ClFN2O/c1-14-5-10-11(16-6-15-10)8-3-2-7(13)4-9(8)12/h2-4,6,14H,5H2,1H3. The highest BCUT2D eigenvalue weighted by atomic mass is 35.5. The van der Waals surface area contributed by atoms with Crippen LogP contribution in [0, 0.1) is 5.82 Å². The van der Waals surface area contributed by atoms with Gasteiger partial charge in [-0.2, -0.15) is 0 Å². The third-order valence-corrected chi connectivity index (χ3v) is 2.47. The normalized spacial score (nSPS) is 10.7. The van der Waals surface area contributed by atoms with E-state index >= 15 is 0 Å². The molecule has 0 aliphatic carbocycles. The minimum atomic E-state index is -0.372. The second-order valence-electron chi connectivity index (χ2n) is 3.28. The van der Waals surface area contributed by atoms with Crippen LogP contribution in [-0.4, -0.2) is 12.0 Å². The minimum Gasteiger partial charge on any atom is -0.443 e. The number of benzene rings is 1. The molecule has 5 heteroatoms. The Bertz CT molecular complexity index is 498. The van der Waals surface area contributed by atoms with Gasteiger partial charge in [0.1, 0.15) is 11.5 Å². The number of hydrogen-bond acceptors (Lipinski definition) is 3. The predicted octanol–water partition coefficient (Wildman–Crippen LogP) is 2.85. The molecule has 1 N–H and O–H groups in total. The number of hydrogen-bond donors (Lipinski definition) is 1. The SMILES string of the molecule is CNCc1ncoc1-c1ccc(F)cc1Cl. The summed E-state index contributed by atoms with van der Waals surface area (Å²) in [6.45, 7) is 0.569. The highest BCUT2D eigenvalue weighted by Crippen LogP contribution is 2.30. The lowest BCUT2D eigenvalue weighted by atomic mass is 10.1. The number of halogens is 2. The molecular formula is C11H10ClFN2O. The monoisotopic (exact) mass is 240 g/mol. The van der Waals surface area contributed by atoms with Crippen LogP contribution in [0.5, 0.6) is 0 Å². The van der Waals surface area contributed by atoms with E-state index in [1.807, 2.05) is 7.05 Å². The third kappa shape index (κ3) is 2.08. The van der Waals surface area contributed by atoms with E-state index in [9.17, 15) is 4.39 Å². The van der Waals surface area contributed by atoms with E-state index in [1.54, 1.807) is 6.07 Å². The first-order chi connectivity index (χ1) is 7.72. The fraction of sp³-hybridized carbons (Fsp3) is 0.182. The average molecular weight is 241 g/mol. The molecule has 0 aliphatic heterocycles. The first-order valence-corrected chi connectivity index (χ1v) is 5.12. The van der Waals surface area contributed by atoms with E-state index < -0.39 is 0 Å². The molecule has 1 aromatic carbocycles. The van der Waals surface area contributed by atoms with Gasteiger partial charge in [-0.05, 0) is 25.2 Å². The second kappa shape index (κ2) is 4.63. The average Bonchev–Trinajstić information content (AvgIpc) is 2.67. The summed E-state index contributed by atoms with van der Waals surface area (Å²) in [7, 11) is 1.81. The van der Waals surface area contributed by atoms with Crippen LogP contribution >= 0.6 is 11.6 Å². The highest BCUT2D eigenvalue weighted by Gasteiger charge is 2.13. The van der Waals surface area contributed by atoms with Crippen LogP contribution in [0.3, 0.4) is 0 Å². The van der Waals surface area contributed by atoms with Gasteiger partial charge in [-0.25, -0.2) is 9.37 Å². The lowest BCUT2D eigenvalue weighted by Crippen LogP contribution is -2.06. The van der Waals surface area contributed by atoms with Gasteiger partial charge in [0, 0.05) is 12.1 Å². The van der Waals surface area contributed by atoms with Crippen molar-refractivity contribution < 1.29 is 8.81 Å². The Hall–Kier alpha value is -1.39. The largest absolute Gasteiger partial charge is 0.443 e. The maximum absolute atomic E-state index is 12.9. The van der Waals surface area contributed by atoms with Crippen molar-refractivity contribution in [2.24, 2.45) is 0 Å². The van der Waals surface area contributed by atoms with Crippen molar-refractivity contribution in [3.8, 4) is 11.3 Å². The molecule has 0 bridgehead atoms. The molecule has 84 valence electrons. The zero-order chi connectivity index (χ0) is 11.5. The molecule has 3 nitrogen and oxygen atoms in total. The lowest BCUT2D eigenvalue weighted by Gasteiger charge is -2.03. The summed E-state index contributed by atoms with van der Waals surface area (Å²) >= 11 is 5.94. The van der Waals surface area contributed by atoms with Crippen molar-refractivity contribution in [3.05, 3.63) is 41.1 Å². The summed E-state index contributed by atoms with van der Waals surface area (Å²) in [6, 6.07) is 4.17. The highest BCUT2D eigenvalue weighted by molar-refractivity contribution is 6.33. The van der Waals surface area contributed by atoms with Crippen molar-refractivity contribution in [2.45, 2.75) is 6.54 Å². The molecule has 0 radical (unpaired) electrons. The van der Waals surface area contributed by atoms with E-state index in [-0.39, 0.29) is 5.82 Å². The van der Waals surface area contributed by atoms with Crippen molar-refractivity contribution in [1.29, 1.82) is 0 Å². The molecule has 2 rings (SSSR count). The van der Waals surface area contributed by atoms with Crippen molar-refractivity contribution in [1.82, 2.24) is 10.3 Å². The van der Waals surface area contributed by atoms with E-state index in [2.05, 4.69) is 10.3 Å². The molecule has 0 atom stereocenters. The summed E-state index contributed by atoms with van der Waals surface area (Å²) in [5.74, 6) is 0.197. The lowest BCUT2D eigenvalue weighted by molar-refractivity contribution is 0.570. The Balaban J connectivity index is 2.46. The molecule has 0 saturated heterocycles. The van der Waals surface area contributed by atoms with Crippen LogP contribution in [0.4, 0.5) is 4.39 Å². The molecule has 0 aliphatic rings. The summed E-state index contributed by atoms with van der Waals surface area (Å²) in [5.41, 5.74) is 1.39. The molecule has 1 heterocycles. The number of aromatic nitrogens is 1. The Morgan fingerprint density at radius 2 is 2.31 bits per heavy atom. The Kier molecular flexibility index (Phi) is 3.22. The fourth-order valence-electron chi connectivity index (χ4n) is 1.46. The van der Waals surface area contributed by atoms with Gasteiger partial charge < -0.3 is 9.73 Å². The molecule has 0 fully saturated rings. The molecular weight excluding hydrogens is 231 g/mol. The summed E-state index contributed by atoms with van der Waals surface area (Å²) in [6.07, 6.45) is 1.35. The molecule has 0 saturated carbocycles. The third-order valence-electron chi connectivity index (χ3n) is 2.16. The van der Waals surface area contributed by atoms with Gasteiger partial charge in [0.25, 0.3) is 0 Å². The van der Waals surface area contributed by atoms with Crippen LogP contribution in [0.15, 0.2) is 29.0 Å². The van der Waals surface area contributed by atoms with Crippen molar-refractivity contribution in [3.63, 3.8) is 0 Å². The van der Waals surface area contributed by atoms with E-state index in [0.717, 1.165) is 5.69 Å². The van der Waals surface area contributed by atoms with Crippen LogP contribution in [-0.2, 0) is 6.54 Å². The van der Waals surface area contributed by atoms with Gasteiger partial charge in [-0.3, -0.25) is 0 Å². The van der Waals surface area contributed by atoms with Crippen molar-refractivity contribution in [2.75, 3.05) is 7.05 Å². The summed E-state index contributed by atoms with van der Waals surface area (Å²) in [4.78, 5) is 4.06. The number of rotatable bonds is 3. The second-order valence-corrected chi connectivity index (χ2v) is 3.69. The van der Waals surface area contributed by atoms with E-state index in [0.29, 0.717) is 22.9 Å². The number of oxazole rings is 1. The predicted molar refractivity (Wildman–Crippen MR) is 59.7 cm³/mol. The number of nitrogens with one attached hydrogen (secondary N) is 1. The molecule has 0 amide bonds. The van der Waals surface area contributed by atoms with Crippen molar-refractivity contribution >= 4 is 11.6 Å². The van der Waals surface area contributed by atoms with Crippen LogP contribution in [0.25, 0.3) is 11.3 Å². The quantitative estimate of drug-likeness (QED) is 0.897. The molecule has 0 spiro atoms.